The molecule has 2 rings (SSSR count). The molecule has 1 fully saturated rings. The summed E-state index contributed by atoms with van der Waals surface area (Å²) in [6.07, 6.45) is 1.13. The van der Waals surface area contributed by atoms with Crippen LogP contribution in [0.15, 0.2) is 30.3 Å². The average molecular weight is 317 g/mol. The standard InChI is InChI=1S/C18H27N3O2/c1-14(2)18(23)21-10-6-9-20(11-12-21)17(22)13-16(19)15-7-4-3-5-8-15/h3-5,7-8,14,16H,6,9-13,19H2,1-2H3. The first-order valence-corrected chi connectivity index (χ1v) is 8.36. The van der Waals surface area contributed by atoms with Gasteiger partial charge in [-0.2, -0.15) is 0 Å². The van der Waals surface area contributed by atoms with Crippen LogP contribution in [0.5, 0.6) is 0 Å². The van der Waals surface area contributed by atoms with Crippen LogP contribution in [0.3, 0.4) is 0 Å². The summed E-state index contributed by atoms with van der Waals surface area (Å²) in [5.74, 6) is 0.240. The van der Waals surface area contributed by atoms with Crippen molar-refractivity contribution >= 4 is 11.8 Å². The maximum Gasteiger partial charge on any atom is 0.225 e. The Morgan fingerprint density at radius 3 is 2.30 bits per heavy atom. The van der Waals surface area contributed by atoms with Gasteiger partial charge >= 0.3 is 0 Å². The third-order valence-electron chi connectivity index (χ3n) is 4.28. The highest BCUT2D eigenvalue weighted by molar-refractivity contribution is 5.79. The van der Waals surface area contributed by atoms with Crippen LogP contribution in [0.25, 0.3) is 0 Å². The minimum absolute atomic E-state index is 0.00348. The summed E-state index contributed by atoms with van der Waals surface area (Å²) < 4.78 is 0. The van der Waals surface area contributed by atoms with E-state index in [9.17, 15) is 9.59 Å². The molecule has 23 heavy (non-hydrogen) atoms. The van der Waals surface area contributed by atoms with Crippen LogP contribution in [0, 0.1) is 5.92 Å². The van der Waals surface area contributed by atoms with Crippen LogP contribution in [0.2, 0.25) is 0 Å². The summed E-state index contributed by atoms with van der Waals surface area (Å²) in [5, 5.41) is 0. The zero-order chi connectivity index (χ0) is 16.8. The van der Waals surface area contributed by atoms with Crippen molar-refractivity contribution in [3.63, 3.8) is 0 Å². The Labute approximate surface area is 138 Å². The number of hydrogen-bond donors (Lipinski definition) is 1. The molecule has 0 aromatic heterocycles. The highest BCUT2D eigenvalue weighted by atomic mass is 16.2. The Morgan fingerprint density at radius 2 is 1.65 bits per heavy atom. The largest absolute Gasteiger partial charge is 0.341 e. The molecule has 1 saturated heterocycles. The van der Waals surface area contributed by atoms with Crippen molar-refractivity contribution in [3.8, 4) is 0 Å². The lowest BCUT2D eigenvalue weighted by Crippen LogP contribution is -2.39. The summed E-state index contributed by atoms with van der Waals surface area (Å²) >= 11 is 0. The topological polar surface area (TPSA) is 66.6 Å². The maximum atomic E-state index is 12.5. The second-order valence-electron chi connectivity index (χ2n) is 6.44. The Morgan fingerprint density at radius 1 is 1.04 bits per heavy atom. The molecule has 5 heteroatoms. The molecule has 5 nitrogen and oxygen atoms in total. The summed E-state index contributed by atoms with van der Waals surface area (Å²) in [7, 11) is 0. The van der Waals surface area contributed by atoms with E-state index in [1.807, 2.05) is 54.0 Å². The van der Waals surface area contributed by atoms with Gasteiger partial charge in [0.15, 0.2) is 0 Å². The fourth-order valence-electron chi connectivity index (χ4n) is 2.89. The predicted molar refractivity (Wildman–Crippen MR) is 90.6 cm³/mol. The van der Waals surface area contributed by atoms with Crippen molar-refractivity contribution in [2.75, 3.05) is 26.2 Å². The number of amides is 2. The van der Waals surface area contributed by atoms with Gasteiger partial charge in [0, 0.05) is 44.6 Å². The van der Waals surface area contributed by atoms with Crippen LogP contribution >= 0.6 is 0 Å². The minimum atomic E-state index is -0.277. The van der Waals surface area contributed by atoms with Gasteiger partial charge < -0.3 is 15.5 Å². The summed E-state index contributed by atoms with van der Waals surface area (Å²) in [4.78, 5) is 28.3. The van der Waals surface area contributed by atoms with E-state index in [1.54, 1.807) is 0 Å². The molecule has 0 saturated carbocycles. The van der Waals surface area contributed by atoms with E-state index < -0.39 is 0 Å². The molecule has 1 aromatic rings. The van der Waals surface area contributed by atoms with Crippen LogP contribution in [0.4, 0.5) is 0 Å². The number of benzene rings is 1. The molecular formula is C18H27N3O2. The first kappa shape index (κ1) is 17.5. The molecule has 1 aromatic carbocycles. The quantitative estimate of drug-likeness (QED) is 0.921. The van der Waals surface area contributed by atoms with E-state index in [0.29, 0.717) is 26.1 Å². The van der Waals surface area contributed by atoms with E-state index in [1.165, 1.54) is 0 Å². The fraction of sp³-hybridized carbons (Fsp3) is 0.556. The normalized spacial score (nSPS) is 17.0. The summed E-state index contributed by atoms with van der Waals surface area (Å²) in [6, 6.07) is 9.42. The molecule has 1 aliphatic rings. The molecule has 0 spiro atoms. The van der Waals surface area contributed by atoms with Gasteiger partial charge in [-0.15, -0.1) is 0 Å². The van der Waals surface area contributed by atoms with Crippen molar-refractivity contribution in [3.05, 3.63) is 35.9 Å². The fourth-order valence-corrected chi connectivity index (χ4v) is 2.89. The van der Waals surface area contributed by atoms with Crippen molar-refractivity contribution in [2.45, 2.75) is 32.7 Å². The first-order chi connectivity index (χ1) is 11.0. The van der Waals surface area contributed by atoms with E-state index in [-0.39, 0.29) is 23.8 Å². The Bertz CT molecular complexity index is 530. The minimum Gasteiger partial charge on any atom is -0.341 e. The number of carbonyl (C=O) groups is 2. The van der Waals surface area contributed by atoms with E-state index >= 15 is 0 Å². The lowest BCUT2D eigenvalue weighted by atomic mass is 10.0. The zero-order valence-corrected chi connectivity index (χ0v) is 14.1. The highest BCUT2D eigenvalue weighted by Crippen LogP contribution is 2.16. The molecule has 2 amide bonds. The highest BCUT2D eigenvalue weighted by Gasteiger charge is 2.24. The molecule has 126 valence electrons. The van der Waals surface area contributed by atoms with E-state index in [4.69, 9.17) is 5.73 Å². The first-order valence-electron chi connectivity index (χ1n) is 8.36. The molecule has 0 bridgehead atoms. The SMILES string of the molecule is CC(C)C(=O)N1CCCN(C(=O)CC(N)c2ccccc2)CC1. The lowest BCUT2D eigenvalue weighted by molar-refractivity contribution is -0.135. The van der Waals surface area contributed by atoms with Crippen LogP contribution in [-0.2, 0) is 9.59 Å². The van der Waals surface area contributed by atoms with Gasteiger partial charge in [0.1, 0.15) is 0 Å². The zero-order valence-electron chi connectivity index (χ0n) is 14.1. The van der Waals surface area contributed by atoms with Crippen LogP contribution < -0.4 is 5.73 Å². The molecule has 2 N–H and O–H groups in total. The second-order valence-corrected chi connectivity index (χ2v) is 6.44. The van der Waals surface area contributed by atoms with Gasteiger partial charge in [0.2, 0.25) is 11.8 Å². The van der Waals surface area contributed by atoms with Gasteiger partial charge in [-0.25, -0.2) is 0 Å². The molecular weight excluding hydrogens is 290 g/mol. The van der Waals surface area contributed by atoms with Gasteiger partial charge in [-0.05, 0) is 12.0 Å². The number of nitrogens with zero attached hydrogens (tertiary/aromatic N) is 2. The van der Waals surface area contributed by atoms with E-state index in [2.05, 4.69) is 0 Å². The van der Waals surface area contributed by atoms with Crippen LogP contribution in [-0.4, -0.2) is 47.8 Å². The average Bonchev–Trinajstić information content (AvgIpc) is 2.80. The Kier molecular flexibility index (Phi) is 6.16. The molecule has 1 unspecified atom stereocenters. The molecule has 1 heterocycles. The third kappa shape index (κ3) is 4.79. The summed E-state index contributed by atoms with van der Waals surface area (Å²) in [6.45, 7) is 6.46. The van der Waals surface area contributed by atoms with Gasteiger partial charge in [0.05, 0.1) is 0 Å². The van der Waals surface area contributed by atoms with E-state index in [0.717, 1.165) is 18.5 Å². The molecule has 1 atom stereocenters. The summed E-state index contributed by atoms with van der Waals surface area (Å²) in [5.41, 5.74) is 7.12. The van der Waals surface area contributed by atoms with Gasteiger partial charge in [-0.3, -0.25) is 9.59 Å². The smallest absolute Gasteiger partial charge is 0.225 e. The van der Waals surface area contributed by atoms with Crippen molar-refractivity contribution in [2.24, 2.45) is 11.7 Å². The molecule has 0 radical (unpaired) electrons. The predicted octanol–water partition coefficient (Wildman–Crippen LogP) is 1.79. The van der Waals surface area contributed by atoms with Gasteiger partial charge in [-0.1, -0.05) is 44.2 Å². The number of hydrogen-bond acceptors (Lipinski definition) is 3. The van der Waals surface area contributed by atoms with Crippen molar-refractivity contribution < 1.29 is 9.59 Å². The lowest BCUT2D eigenvalue weighted by Gasteiger charge is -2.24. The van der Waals surface area contributed by atoms with Crippen molar-refractivity contribution in [1.82, 2.24) is 9.80 Å². The second kappa shape index (κ2) is 8.11. The number of carbonyl (C=O) groups excluding carboxylic acids is 2. The monoisotopic (exact) mass is 317 g/mol. The Hall–Kier alpha value is -1.88. The molecule has 0 aliphatic carbocycles. The van der Waals surface area contributed by atoms with Gasteiger partial charge in [0.25, 0.3) is 0 Å². The Balaban J connectivity index is 1.89. The molecule has 1 aliphatic heterocycles. The number of rotatable bonds is 4. The third-order valence-corrected chi connectivity index (χ3v) is 4.28. The van der Waals surface area contributed by atoms with Crippen molar-refractivity contribution in [1.29, 1.82) is 0 Å². The number of nitrogens with two attached hydrogens (primary N) is 1. The van der Waals surface area contributed by atoms with Crippen LogP contribution in [0.1, 0.15) is 38.3 Å². The maximum absolute atomic E-state index is 12.5.